The highest BCUT2D eigenvalue weighted by molar-refractivity contribution is 5.77. The zero-order valence-corrected chi connectivity index (χ0v) is 12.5. The summed E-state index contributed by atoms with van der Waals surface area (Å²) in [5, 5.41) is 3.04. The molecule has 1 aromatic rings. The molecule has 0 aromatic heterocycles. The van der Waals surface area contributed by atoms with Crippen LogP contribution in [-0.2, 0) is 16.1 Å². The number of nitrogens with one attached hydrogen (secondary N) is 1. The second kappa shape index (κ2) is 9.34. The SMILES string of the molecule is CCOc1ccc(CN(C)C(=O)CNCCOC)cc1. The molecule has 0 aliphatic carbocycles. The van der Waals surface area contributed by atoms with Crippen molar-refractivity contribution in [2.75, 3.05) is 40.5 Å². The van der Waals surface area contributed by atoms with Gasteiger partial charge >= 0.3 is 0 Å². The van der Waals surface area contributed by atoms with Crippen LogP contribution in [0.15, 0.2) is 24.3 Å². The molecule has 0 spiro atoms. The van der Waals surface area contributed by atoms with Gasteiger partial charge in [-0.15, -0.1) is 0 Å². The van der Waals surface area contributed by atoms with E-state index in [2.05, 4.69) is 5.32 Å². The maximum atomic E-state index is 11.9. The van der Waals surface area contributed by atoms with Gasteiger partial charge < -0.3 is 19.7 Å². The maximum Gasteiger partial charge on any atom is 0.236 e. The topological polar surface area (TPSA) is 50.8 Å². The Morgan fingerprint density at radius 3 is 2.60 bits per heavy atom. The first-order valence-corrected chi connectivity index (χ1v) is 6.82. The molecule has 0 unspecified atom stereocenters. The third kappa shape index (κ3) is 6.04. The lowest BCUT2D eigenvalue weighted by atomic mass is 10.2. The lowest BCUT2D eigenvalue weighted by Gasteiger charge is -2.18. The summed E-state index contributed by atoms with van der Waals surface area (Å²) in [6.07, 6.45) is 0. The van der Waals surface area contributed by atoms with Crippen molar-refractivity contribution >= 4 is 5.91 Å². The van der Waals surface area contributed by atoms with E-state index in [0.29, 0.717) is 32.8 Å². The van der Waals surface area contributed by atoms with Crippen LogP contribution in [0.1, 0.15) is 12.5 Å². The van der Waals surface area contributed by atoms with Gasteiger partial charge in [0.05, 0.1) is 19.8 Å². The van der Waals surface area contributed by atoms with Gasteiger partial charge in [-0.1, -0.05) is 12.1 Å². The van der Waals surface area contributed by atoms with Crippen LogP contribution in [0, 0.1) is 0 Å². The molecule has 0 saturated carbocycles. The van der Waals surface area contributed by atoms with Crippen LogP contribution in [0.3, 0.4) is 0 Å². The Bertz CT molecular complexity index is 393. The number of rotatable bonds is 9. The number of likely N-dealkylation sites (N-methyl/N-ethyl adjacent to an activating group) is 1. The predicted molar refractivity (Wildman–Crippen MR) is 78.8 cm³/mol. The number of methoxy groups -OCH3 is 1. The highest BCUT2D eigenvalue weighted by Gasteiger charge is 2.08. The van der Waals surface area contributed by atoms with E-state index >= 15 is 0 Å². The molecule has 0 fully saturated rings. The lowest BCUT2D eigenvalue weighted by molar-refractivity contribution is -0.129. The van der Waals surface area contributed by atoms with Gasteiger partial charge in [0.25, 0.3) is 0 Å². The van der Waals surface area contributed by atoms with Gasteiger partial charge in [0.15, 0.2) is 0 Å². The van der Waals surface area contributed by atoms with Gasteiger partial charge in [0.2, 0.25) is 5.91 Å². The third-order valence-corrected chi connectivity index (χ3v) is 2.84. The Morgan fingerprint density at radius 2 is 2.00 bits per heavy atom. The molecule has 0 aliphatic heterocycles. The molecule has 20 heavy (non-hydrogen) atoms. The molecule has 1 rings (SSSR count). The predicted octanol–water partition coefficient (Wildman–Crippen LogP) is 1.28. The molecule has 0 bridgehead atoms. The molecule has 1 aromatic carbocycles. The first-order valence-electron chi connectivity index (χ1n) is 6.82. The monoisotopic (exact) mass is 280 g/mol. The fraction of sp³-hybridized carbons (Fsp3) is 0.533. The second-order valence-corrected chi connectivity index (χ2v) is 4.50. The van der Waals surface area contributed by atoms with Crippen molar-refractivity contribution in [3.05, 3.63) is 29.8 Å². The molecule has 0 radical (unpaired) electrons. The van der Waals surface area contributed by atoms with Gasteiger partial charge in [-0.05, 0) is 24.6 Å². The highest BCUT2D eigenvalue weighted by atomic mass is 16.5. The summed E-state index contributed by atoms with van der Waals surface area (Å²) < 4.78 is 10.3. The molecular weight excluding hydrogens is 256 g/mol. The highest BCUT2D eigenvalue weighted by Crippen LogP contribution is 2.13. The minimum Gasteiger partial charge on any atom is -0.494 e. The van der Waals surface area contributed by atoms with Gasteiger partial charge in [-0.2, -0.15) is 0 Å². The standard InChI is InChI=1S/C15H24N2O3/c1-4-20-14-7-5-13(6-8-14)12-17(2)15(18)11-16-9-10-19-3/h5-8,16H,4,9-12H2,1-3H3. The molecule has 5 heteroatoms. The number of amides is 1. The quantitative estimate of drug-likeness (QED) is 0.692. The first-order chi connectivity index (χ1) is 9.67. The normalized spacial score (nSPS) is 10.3. The van der Waals surface area contributed by atoms with Crippen molar-refractivity contribution in [1.29, 1.82) is 0 Å². The van der Waals surface area contributed by atoms with Gasteiger partial charge in [0, 0.05) is 27.2 Å². The van der Waals surface area contributed by atoms with E-state index in [0.717, 1.165) is 11.3 Å². The molecule has 1 amide bonds. The Balaban J connectivity index is 2.36. The summed E-state index contributed by atoms with van der Waals surface area (Å²) in [4.78, 5) is 13.6. The second-order valence-electron chi connectivity index (χ2n) is 4.50. The fourth-order valence-electron chi connectivity index (χ4n) is 1.72. The number of carbonyl (C=O) groups excluding carboxylic acids is 1. The Hall–Kier alpha value is -1.59. The summed E-state index contributed by atoms with van der Waals surface area (Å²) in [6.45, 7) is 4.82. The van der Waals surface area contributed by atoms with E-state index in [1.807, 2.05) is 31.2 Å². The number of benzene rings is 1. The minimum absolute atomic E-state index is 0.0648. The fourth-order valence-corrected chi connectivity index (χ4v) is 1.72. The zero-order valence-electron chi connectivity index (χ0n) is 12.5. The molecule has 0 atom stereocenters. The Labute approximate surface area is 120 Å². The lowest BCUT2D eigenvalue weighted by Crippen LogP contribution is -2.36. The molecule has 0 aliphatic rings. The third-order valence-electron chi connectivity index (χ3n) is 2.84. The van der Waals surface area contributed by atoms with Gasteiger partial charge in [-0.3, -0.25) is 4.79 Å². The van der Waals surface area contributed by atoms with Crippen LogP contribution in [0.25, 0.3) is 0 Å². The van der Waals surface area contributed by atoms with Gasteiger partial charge in [0.1, 0.15) is 5.75 Å². The van der Waals surface area contributed by atoms with Crippen LogP contribution in [-0.4, -0.2) is 51.3 Å². The summed E-state index contributed by atoms with van der Waals surface area (Å²) in [7, 11) is 3.44. The average Bonchev–Trinajstić information content (AvgIpc) is 2.45. The molecule has 112 valence electrons. The van der Waals surface area contributed by atoms with Crippen molar-refractivity contribution < 1.29 is 14.3 Å². The molecule has 0 saturated heterocycles. The van der Waals surface area contributed by atoms with Crippen LogP contribution in [0.2, 0.25) is 0 Å². The van der Waals surface area contributed by atoms with Crippen molar-refractivity contribution in [3.63, 3.8) is 0 Å². The molecular formula is C15H24N2O3. The van der Waals surface area contributed by atoms with Crippen molar-refractivity contribution in [1.82, 2.24) is 10.2 Å². The molecule has 1 N–H and O–H groups in total. The Kier molecular flexibility index (Phi) is 7.69. The van der Waals surface area contributed by atoms with E-state index in [4.69, 9.17) is 9.47 Å². The van der Waals surface area contributed by atoms with Gasteiger partial charge in [-0.25, -0.2) is 0 Å². The summed E-state index contributed by atoms with van der Waals surface area (Å²) >= 11 is 0. The summed E-state index contributed by atoms with van der Waals surface area (Å²) in [6, 6.07) is 7.81. The van der Waals surface area contributed by atoms with Crippen molar-refractivity contribution in [2.24, 2.45) is 0 Å². The Morgan fingerprint density at radius 1 is 1.30 bits per heavy atom. The van der Waals surface area contributed by atoms with Crippen molar-refractivity contribution in [2.45, 2.75) is 13.5 Å². The average molecular weight is 280 g/mol. The van der Waals surface area contributed by atoms with E-state index in [1.54, 1.807) is 19.1 Å². The van der Waals surface area contributed by atoms with E-state index in [9.17, 15) is 4.79 Å². The number of ether oxygens (including phenoxy) is 2. The number of hydrogen-bond acceptors (Lipinski definition) is 4. The number of carbonyl (C=O) groups is 1. The van der Waals surface area contributed by atoms with Crippen LogP contribution in [0.4, 0.5) is 0 Å². The minimum atomic E-state index is 0.0648. The van der Waals surface area contributed by atoms with Crippen LogP contribution in [0.5, 0.6) is 5.75 Å². The zero-order chi connectivity index (χ0) is 14.8. The number of hydrogen-bond donors (Lipinski definition) is 1. The molecule has 0 heterocycles. The smallest absolute Gasteiger partial charge is 0.236 e. The van der Waals surface area contributed by atoms with E-state index in [1.165, 1.54) is 0 Å². The maximum absolute atomic E-state index is 11.9. The van der Waals surface area contributed by atoms with Crippen LogP contribution >= 0.6 is 0 Å². The van der Waals surface area contributed by atoms with Crippen molar-refractivity contribution in [3.8, 4) is 5.75 Å². The van der Waals surface area contributed by atoms with E-state index in [-0.39, 0.29) is 5.91 Å². The van der Waals surface area contributed by atoms with E-state index < -0.39 is 0 Å². The molecule has 5 nitrogen and oxygen atoms in total. The number of nitrogens with zero attached hydrogens (tertiary/aromatic N) is 1. The largest absolute Gasteiger partial charge is 0.494 e. The first kappa shape index (κ1) is 16.5. The summed E-state index contributed by atoms with van der Waals surface area (Å²) in [5.41, 5.74) is 1.08. The summed E-state index contributed by atoms with van der Waals surface area (Å²) in [5.74, 6) is 0.918. The van der Waals surface area contributed by atoms with Crippen LogP contribution < -0.4 is 10.1 Å².